The molecule has 0 heterocycles. The summed E-state index contributed by atoms with van der Waals surface area (Å²) >= 11 is 0. The fourth-order valence-corrected chi connectivity index (χ4v) is 1.31. The van der Waals surface area contributed by atoms with Crippen LogP contribution in [0, 0.1) is 10.1 Å². The molecule has 0 saturated carbocycles. The Bertz CT molecular complexity index is 496. The van der Waals surface area contributed by atoms with E-state index in [0.717, 1.165) is 13.2 Å². The number of rotatable bonds is 4. The van der Waals surface area contributed by atoms with Gasteiger partial charge in [-0.25, -0.2) is 9.59 Å². The van der Waals surface area contributed by atoms with E-state index in [1.54, 1.807) is 6.92 Å². The number of esters is 2. The summed E-state index contributed by atoms with van der Waals surface area (Å²) in [7, 11) is 1.16. The number of ether oxygens (including phenoxy) is 2. The Kier molecular flexibility index (Phi) is 4.36. The van der Waals surface area contributed by atoms with Crippen LogP contribution >= 0.6 is 0 Å². The highest BCUT2D eigenvalue weighted by Gasteiger charge is 2.23. The van der Waals surface area contributed by atoms with E-state index in [1.165, 1.54) is 12.1 Å². The summed E-state index contributed by atoms with van der Waals surface area (Å²) < 4.78 is 9.13. The van der Waals surface area contributed by atoms with Gasteiger partial charge in [0, 0.05) is 6.07 Å². The highest BCUT2D eigenvalue weighted by atomic mass is 16.6. The quantitative estimate of drug-likeness (QED) is 0.459. The highest BCUT2D eigenvalue weighted by molar-refractivity contribution is 5.97. The summed E-state index contributed by atoms with van der Waals surface area (Å²) in [6.45, 7) is 1.70. The summed E-state index contributed by atoms with van der Waals surface area (Å²) in [6.07, 6.45) is 0. The highest BCUT2D eigenvalue weighted by Crippen LogP contribution is 2.21. The van der Waals surface area contributed by atoms with E-state index in [4.69, 9.17) is 0 Å². The lowest BCUT2D eigenvalue weighted by atomic mass is 10.1. The summed E-state index contributed by atoms with van der Waals surface area (Å²) in [5, 5.41) is 10.8. The molecule has 18 heavy (non-hydrogen) atoms. The number of carbonyl (C=O) groups is 2. The fourth-order valence-electron chi connectivity index (χ4n) is 1.31. The Labute approximate surface area is 102 Å². The van der Waals surface area contributed by atoms with Crippen molar-refractivity contribution < 1.29 is 24.0 Å². The van der Waals surface area contributed by atoms with E-state index in [2.05, 4.69) is 9.47 Å². The van der Waals surface area contributed by atoms with Gasteiger partial charge in [-0.3, -0.25) is 10.1 Å². The number of benzene rings is 1. The summed E-state index contributed by atoms with van der Waals surface area (Å²) in [5.74, 6) is -1.52. The molecular formula is C11H11NO6. The molecular weight excluding hydrogens is 242 g/mol. The van der Waals surface area contributed by atoms with Crippen molar-refractivity contribution in [3.8, 4) is 0 Å². The van der Waals surface area contributed by atoms with Crippen molar-refractivity contribution in [1.29, 1.82) is 0 Å². The summed E-state index contributed by atoms with van der Waals surface area (Å²) in [6, 6.07) is 3.42. The van der Waals surface area contributed by atoms with Gasteiger partial charge in [0.25, 0.3) is 5.69 Å². The van der Waals surface area contributed by atoms with Crippen LogP contribution in [-0.2, 0) is 9.47 Å². The molecule has 0 aliphatic rings. The van der Waals surface area contributed by atoms with Crippen molar-refractivity contribution in [2.24, 2.45) is 0 Å². The minimum atomic E-state index is -0.805. The van der Waals surface area contributed by atoms with E-state index in [-0.39, 0.29) is 17.7 Å². The van der Waals surface area contributed by atoms with E-state index in [1.807, 2.05) is 0 Å². The Morgan fingerprint density at radius 3 is 2.50 bits per heavy atom. The minimum absolute atomic E-state index is 0.00255. The van der Waals surface area contributed by atoms with Gasteiger partial charge in [0.2, 0.25) is 0 Å². The van der Waals surface area contributed by atoms with Gasteiger partial charge in [-0.2, -0.15) is 0 Å². The van der Waals surface area contributed by atoms with Crippen LogP contribution in [0.25, 0.3) is 0 Å². The summed E-state index contributed by atoms with van der Waals surface area (Å²) in [4.78, 5) is 32.8. The zero-order valence-electron chi connectivity index (χ0n) is 9.84. The molecule has 1 aromatic rings. The van der Waals surface area contributed by atoms with E-state index < -0.39 is 22.5 Å². The number of hydrogen-bond donors (Lipinski definition) is 0. The van der Waals surface area contributed by atoms with Gasteiger partial charge in [0.05, 0.1) is 24.2 Å². The van der Waals surface area contributed by atoms with Crippen LogP contribution in [0.2, 0.25) is 0 Å². The first-order valence-corrected chi connectivity index (χ1v) is 5.05. The second kappa shape index (κ2) is 5.76. The molecule has 0 radical (unpaired) electrons. The lowest BCUT2D eigenvalue weighted by Crippen LogP contribution is -2.10. The lowest BCUT2D eigenvalue weighted by Gasteiger charge is -2.04. The molecule has 0 atom stereocenters. The smallest absolute Gasteiger partial charge is 0.345 e. The van der Waals surface area contributed by atoms with Crippen LogP contribution in [0.15, 0.2) is 18.2 Å². The average Bonchev–Trinajstić information content (AvgIpc) is 2.37. The summed E-state index contributed by atoms with van der Waals surface area (Å²) in [5.41, 5.74) is -0.692. The predicted octanol–water partition coefficient (Wildman–Crippen LogP) is 1.56. The molecule has 0 saturated heterocycles. The zero-order chi connectivity index (χ0) is 13.7. The molecule has 1 rings (SSSR count). The second-order valence-electron chi connectivity index (χ2n) is 3.20. The fraction of sp³-hybridized carbons (Fsp3) is 0.273. The van der Waals surface area contributed by atoms with Crippen molar-refractivity contribution in [3.63, 3.8) is 0 Å². The van der Waals surface area contributed by atoms with Gasteiger partial charge < -0.3 is 9.47 Å². The maximum atomic E-state index is 11.5. The Morgan fingerprint density at radius 2 is 2.00 bits per heavy atom. The lowest BCUT2D eigenvalue weighted by molar-refractivity contribution is -0.385. The van der Waals surface area contributed by atoms with Crippen molar-refractivity contribution in [1.82, 2.24) is 0 Å². The predicted molar refractivity (Wildman–Crippen MR) is 60.4 cm³/mol. The molecule has 1 aromatic carbocycles. The monoisotopic (exact) mass is 253 g/mol. The largest absolute Gasteiger partial charge is 0.465 e. The molecule has 0 aromatic heterocycles. The maximum absolute atomic E-state index is 11.5. The van der Waals surface area contributed by atoms with Gasteiger partial charge in [-0.05, 0) is 19.1 Å². The Balaban J connectivity index is 3.25. The molecule has 0 amide bonds. The first kappa shape index (κ1) is 13.6. The molecule has 7 heteroatoms. The van der Waals surface area contributed by atoms with E-state index in [9.17, 15) is 19.7 Å². The molecule has 0 bridgehead atoms. The van der Waals surface area contributed by atoms with Crippen LogP contribution in [0.4, 0.5) is 5.69 Å². The number of nitro benzene ring substituents is 1. The number of nitrogens with zero attached hydrogens (tertiary/aromatic N) is 1. The first-order valence-electron chi connectivity index (χ1n) is 5.05. The minimum Gasteiger partial charge on any atom is -0.465 e. The number of nitro groups is 1. The maximum Gasteiger partial charge on any atom is 0.345 e. The Morgan fingerprint density at radius 1 is 1.33 bits per heavy atom. The molecule has 0 spiro atoms. The van der Waals surface area contributed by atoms with Crippen molar-refractivity contribution in [2.45, 2.75) is 6.92 Å². The van der Waals surface area contributed by atoms with Gasteiger partial charge in [-0.1, -0.05) is 0 Å². The van der Waals surface area contributed by atoms with Crippen molar-refractivity contribution in [2.75, 3.05) is 13.7 Å². The second-order valence-corrected chi connectivity index (χ2v) is 3.20. The Hall–Kier alpha value is -2.44. The zero-order valence-corrected chi connectivity index (χ0v) is 9.84. The standard InChI is InChI=1S/C11H11NO6/c1-3-18-11(14)8-5-4-7(10(13)17-2)6-9(8)12(15)16/h4-6H,3H2,1-2H3. The van der Waals surface area contributed by atoms with Gasteiger partial charge >= 0.3 is 11.9 Å². The third-order valence-electron chi connectivity index (χ3n) is 2.11. The number of methoxy groups -OCH3 is 1. The molecule has 96 valence electrons. The van der Waals surface area contributed by atoms with Gasteiger partial charge in [-0.15, -0.1) is 0 Å². The van der Waals surface area contributed by atoms with E-state index >= 15 is 0 Å². The SMILES string of the molecule is CCOC(=O)c1ccc(C(=O)OC)cc1[N+](=O)[O-]. The average molecular weight is 253 g/mol. The molecule has 0 unspecified atom stereocenters. The number of carbonyl (C=O) groups excluding carboxylic acids is 2. The first-order chi connectivity index (χ1) is 8.51. The molecule has 0 N–H and O–H groups in total. The molecule has 7 nitrogen and oxygen atoms in total. The number of hydrogen-bond acceptors (Lipinski definition) is 6. The van der Waals surface area contributed by atoms with E-state index in [0.29, 0.717) is 0 Å². The van der Waals surface area contributed by atoms with Crippen LogP contribution in [0.3, 0.4) is 0 Å². The topological polar surface area (TPSA) is 95.7 Å². The van der Waals surface area contributed by atoms with Crippen LogP contribution in [-0.4, -0.2) is 30.6 Å². The van der Waals surface area contributed by atoms with Crippen LogP contribution in [0.5, 0.6) is 0 Å². The molecule has 0 aliphatic heterocycles. The van der Waals surface area contributed by atoms with Crippen molar-refractivity contribution >= 4 is 17.6 Å². The molecule has 0 fully saturated rings. The third-order valence-corrected chi connectivity index (χ3v) is 2.11. The van der Waals surface area contributed by atoms with Crippen molar-refractivity contribution in [3.05, 3.63) is 39.4 Å². The molecule has 0 aliphatic carbocycles. The normalized spacial score (nSPS) is 9.67. The van der Waals surface area contributed by atoms with Crippen LogP contribution in [0.1, 0.15) is 27.6 Å². The third kappa shape index (κ3) is 2.82. The van der Waals surface area contributed by atoms with Crippen LogP contribution < -0.4 is 0 Å². The van der Waals surface area contributed by atoms with Gasteiger partial charge in [0.15, 0.2) is 0 Å². The van der Waals surface area contributed by atoms with Gasteiger partial charge in [0.1, 0.15) is 5.56 Å².